The first-order chi connectivity index (χ1) is 15.0. The van der Waals surface area contributed by atoms with Crippen LogP contribution in [0.2, 0.25) is 0 Å². The largest absolute Gasteiger partial charge is 0.382 e. The van der Waals surface area contributed by atoms with Crippen molar-refractivity contribution in [1.29, 1.82) is 5.41 Å². The van der Waals surface area contributed by atoms with E-state index in [1.165, 1.54) is 49.7 Å². The van der Waals surface area contributed by atoms with Crippen molar-refractivity contribution >= 4 is 6.21 Å². The van der Waals surface area contributed by atoms with E-state index in [4.69, 9.17) is 5.41 Å². The minimum atomic E-state index is 0.0626. The first-order valence-corrected chi connectivity index (χ1v) is 11.3. The van der Waals surface area contributed by atoms with Gasteiger partial charge >= 0.3 is 0 Å². The summed E-state index contributed by atoms with van der Waals surface area (Å²) in [6.07, 6.45) is 19.2. The minimum absolute atomic E-state index is 0.0626. The van der Waals surface area contributed by atoms with Gasteiger partial charge in [0.25, 0.3) is 0 Å². The molecular weight excluding hydrogens is 380 g/mol. The SMILES string of the molecule is C=CNC1(C)C=CC(CN2CCCCC2)=CC1.Cc1ccc(-n2ccc(C=N)c2)cc1. The van der Waals surface area contributed by atoms with Crippen LogP contribution in [0, 0.1) is 12.3 Å². The molecule has 0 saturated carbocycles. The summed E-state index contributed by atoms with van der Waals surface area (Å²) < 4.78 is 2.01. The predicted octanol–water partition coefficient (Wildman–Crippen LogP) is 5.63. The van der Waals surface area contributed by atoms with E-state index in [2.05, 4.69) is 73.1 Å². The number of rotatable bonds is 6. The van der Waals surface area contributed by atoms with E-state index < -0.39 is 0 Å². The third kappa shape index (κ3) is 6.83. The van der Waals surface area contributed by atoms with Gasteiger partial charge in [0.2, 0.25) is 0 Å². The highest BCUT2D eigenvalue weighted by Crippen LogP contribution is 2.22. The first-order valence-electron chi connectivity index (χ1n) is 11.3. The minimum Gasteiger partial charge on any atom is -0.382 e. The lowest BCUT2D eigenvalue weighted by molar-refractivity contribution is 0.247. The van der Waals surface area contributed by atoms with Gasteiger partial charge in [-0.25, -0.2) is 0 Å². The summed E-state index contributed by atoms with van der Waals surface area (Å²) in [6.45, 7) is 11.7. The van der Waals surface area contributed by atoms with E-state index in [0.29, 0.717) is 0 Å². The molecule has 1 aliphatic carbocycles. The molecule has 1 fully saturated rings. The van der Waals surface area contributed by atoms with E-state index in [1.807, 2.05) is 23.0 Å². The summed E-state index contributed by atoms with van der Waals surface area (Å²) in [5, 5.41) is 10.4. The van der Waals surface area contributed by atoms with Gasteiger partial charge in [-0.2, -0.15) is 0 Å². The summed E-state index contributed by atoms with van der Waals surface area (Å²) >= 11 is 0. The Morgan fingerprint density at radius 1 is 1.13 bits per heavy atom. The Bertz CT molecular complexity index is 913. The standard InChI is InChI=1S/C15H24N2.C12H12N2/c1-3-16-15(2)9-7-14(8-10-15)13-17-11-5-4-6-12-17;1-10-2-4-12(5-3-10)14-7-6-11(8-13)9-14/h3,7-9,16H,1,4-6,10-13H2,2H3;2-9,13H,1H3. The molecular formula is C27H36N4. The van der Waals surface area contributed by atoms with Crippen molar-refractivity contribution in [2.24, 2.45) is 0 Å². The molecule has 31 heavy (non-hydrogen) atoms. The van der Waals surface area contributed by atoms with Crippen molar-refractivity contribution in [2.45, 2.75) is 45.1 Å². The van der Waals surface area contributed by atoms with E-state index in [-0.39, 0.29) is 5.54 Å². The third-order valence-electron chi connectivity index (χ3n) is 5.95. The summed E-state index contributed by atoms with van der Waals surface area (Å²) in [5.74, 6) is 0. The van der Waals surface area contributed by atoms with Crippen LogP contribution in [-0.2, 0) is 0 Å². The average molecular weight is 417 g/mol. The van der Waals surface area contributed by atoms with Gasteiger partial charge in [0, 0.05) is 36.4 Å². The van der Waals surface area contributed by atoms with Crippen molar-refractivity contribution in [2.75, 3.05) is 19.6 Å². The molecule has 4 nitrogen and oxygen atoms in total. The second kappa shape index (κ2) is 11.0. The molecule has 1 aromatic heterocycles. The van der Waals surface area contributed by atoms with Crippen LogP contribution in [0.1, 0.15) is 43.7 Å². The van der Waals surface area contributed by atoms with Crippen LogP contribution >= 0.6 is 0 Å². The predicted molar refractivity (Wildman–Crippen MR) is 132 cm³/mol. The van der Waals surface area contributed by atoms with Crippen LogP contribution in [0.5, 0.6) is 0 Å². The number of likely N-dealkylation sites (tertiary alicyclic amines) is 1. The van der Waals surface area contributed by atoms with Gasteiger partial charge in [-0.15, -0.1) is 0 Å². The highest BCUT2D eigenvalue weighted by Gasteiger charge is 2.21. The van der Waals surface area contributed by atoms with Gasteiger partial charge in [-0.3, -0.25) is 4.90 Å². The molecule has 0 amide bonds. The zero-order valence-electron chi connectivity index (χ0n) is 19.0. The third-order valence-corrected chi connectivity index (χ3v) is 5.95. The molecule has 0 bridgehead atoms. The Kier molecular flexibility index (Phi) is 8.07. The zero-order chi connectivity index (χ0) is 22.1. The molecule has 1 atom stereocenters. The van der Waals surface area contributed by atoms with Crippen molar-refractivity contribution in [3.8, 4) is 5.69 Å². The average Bonchev–Trinajstić information content (AvgIpc) is 3.27. The monoisotopic (exact) mass is 416 g/mol. The lowest BCUT2D eigenvalue weighted by Crippen LogP contribution is -2.38. The molecule has 164 valence electrons. The van der Waals surface area contributed by atoms with E-state index in [1.54, 1.807) is 6.20 Å². The topological polar surface area (TPSA) is 44.0 Å². The molecule has 1 aliphatic heterocycles. The molecule has 1 saturated heterocycles. The van der Waals surface area contributed by atoms with Crippen LogP contribution in [0.3, 0.4) is 0 Å². The van der Waals surface area contributed by atoms with Crippen molar-refractivity contribution in [1.82, 2.24) is 14.8 Å². The molecule has 2 heterocycles. The maximum Gasteiger partial charge on any atom is 0.0560 e. The van der Waals surface area contributed by atoms with Crippen LogP contribution < -0.4 is 5.32 Å². The summed E-state index contributed by atoms with van der Waals surface area (Å²) in [6, 6.07) is 10.2. The van der Waals surface area contributed by atoms with Gasteiger partial charge in [0.1, 0.15) is 0 Å². The number of benzene rings is 1. The Morgan fingerprint density at radius 3 is 2.45 bits per heavy atom. The maximum atomic E-state index is 7.12. The van der Waals surface area contributed by atoms with E-state index in [0.717, 1.165) is 24.2 Å². The van der Waals surface area contributed by atoms with Crippen LogP contribution in [0.15, 0.2) is 79.3 Å². The van der Waals surface area contributed by atoms with Gasteiger partial charge < -0.3 is 15.3 Å². The number of hydrogen-bond donors (Lipinski definition) is 2. The number of piperidine rings is 1. The van der Waals surface area contributed by atoms with Gasteiger partial charge in [0.15, 0.2) is 0 Å². The zero-order valence-corrected chi connectivity index (χ0v) is 19.0. The maximum absolute atomic E-state index is 7.12. The summed E-state index contributed by atoms with van der Waals surface area (Å²) in [7, 11) is 0. The Hall–Kier alpha value is -2.85. The van der Waals surface area contributed by atoms with E-state index >= 15 is 0 Å². The lowest BCUT2D eigenvalue weighted by Gasteiger charge is -2.31. The molecule has 2 aromatic rings. The van der Waals surface area contributed by atoms with Crippen molar-refractivity contribution in [3.63, 3.8) is 0 Å². The second-order valence-corrected chi connectivity index (χ2v) is 8.75. The number of nitrogens with one attached hydrogen (secondary N) is 2. The summed E-state index contributed by atoms with van der Waals surface area (Å²) in [4.78, 5) is 2.57. The molecule has 2 N–H and O–H groups in total. The molecule has 0 radical (unpaired) electrons. The molecule has 1 unspecified atom stereocenters. The molecule has 2 aliphatic rings. The number of hydrogen-bond acceptors (Lipinski definition) is 3. The fourth-order valence-corrected chi connectivity index (χ4v) is 3.98. The molecule has 4 heteroatoms. The number of aryl methyl sites for hydroxylation is 1. The quantitative estimate of drug-likeness (QED) is 0.599. The van der Waals surface area contributed by atoms with Crippen LogP contribution in [0.25, 0.3) is 5.69 Å². The molecule has 1 aromatic carbocycles. The number of nitrogens with zero attached hydrogens (tertiary/aromatic N) is 2. The molecule has 0 spiro atoms. The fourth-order valence-electron chi connectivity index (χ4n) is 3.98. The fraction of sp³-hybridized carbons (Fsp3) is 0.370. The van der Waals surface area contributed by atoms with Crippen molar-refractivity contribution in [3.05, 3.63) is 90.4 Å². The van der Waals surface area contributed by atoms with E-state index in [9.17, 15) is 0 Å². The Labute approximate surface area is 187 Å². The molecule has 4 rings (SSSR count). The highest BCUT2D eigenvalue weighted by molar-refractivity contribution is 5.76. The summed E-state index contributed by atoms with van der Waals surface area (Å²) in [5.41, 5.74) is 4.84. The van der Waals surface area contributed by atoms with Gasteiger partial charge in [0.05, 0.1) is 5.54 Å². The second-order valence-electron chi connectivity index (χ2n) is 8.75. The highest BCUT2D eigenvalue weighted by atomic mass is 15.1. The Morgan fingerprint density at radius 2 is 1.87 bits per heavy atom. The van der Waals surface area contributed by atoms with Crippen molar-refractivity contribution < 1.29 is 0 Å². The first kappa shape index (κ1) is 22.8. The van der Waals surface area contributed by atoms with Crippen LogP contribution in [0.4, 0.5) is 0 Å². The Balaban J connectivity index is 0.000000179. The normalized spacial score (nSPS) is 20.9. The van der Waals surface area contributed by atoms with Gasteiger partial charge in [-0.1, -0.05) is 48.9 Å². The number of aromatic nitrogens is 1. The van der Waals surface area contributed by atoms with Gasteiger partial charge in [-0.05, 0) is 76.2 Å². The lowest BCUT2D eigenvalue weighted by atomic mass is 9.90. The van der Waals surface area contributed by atoms with Crippen LogP contribution in [-0.4, -0.2) is 40.9 Å². The smallest absolute Gasteiger partial charge is 0.0560 e.